The normalized spacial score (nSPS) is 14.4. The number of urea groups is 1. The van der Waals surface area contributed by atoms with Crippen molar-refractivity contribution in [3.05, 3.63) is 23.8 Å². The number of aryl methyl sites for hydroxylation is 1. The molecule has 8 heteroatoms. The fourth-order valence-electron chi connectivity index (χ4n) is 2.43. The van der Waals surface area contributed by atoms with Crippen LogP contribution < -0.4 is 14.9 Å². The summed E-state index contributed by atoms with van der Waals surface area (Å²) in [4.78, 5) is 11.7. The minimum absolute atomic E-state index is 0.312. The van der Waals surface area contributed by atoms with E-state index >= 15 is 0 Å². The van der Waals surface area contributed by atoms with E-state index in [1.807, 2.05) is 6.07 Å². The molecule has 0 radical (unpaired) electrons. The molecule has 2 rings (SSSR count). The number of hydrogen-bond donors (Lipinski definition) is 2. The van der Waals surface area contributed by atoms with Gasteiger partial charge in [-0.15, -0.1) is 0 Å². The van der Waals surface area contributed by atoms with E-state index in [-0.39, 0.29) is 6.03 Å². The van der Waals surface area contributed by atoms with Crippen molar-refractivity contribution in [3.8, 4) is 0 Å². The van der Waals surface area contributed by atoms with Crippen molar-refractivity contribution in [2.24, 2.45) is 0 Å². The lowest BCUT2D eigenvalue weighted by atomic mass is 10.0. The summed E-state index contributed by atoms with van der Waals surface area (Å²) in [7, 11) is -1.70. The predicted molar refractivity (Wildman–Crippen MR) is 85.9 cm³/mol. The van der Waals surface area contributed by atoms with Crippen LogP contribution in [0.4, 0.5) is 16.2 Å². The van der Waals surface area contributed by atoms with Gasteiger partial charge in [-0.05, 0) is 36.6 Å². The van der Waals surface area contributed by atoms with Crippen LogP contribution in [0.5, 0.6) is 0 Å². The van der Waals surface area contributed by atoms with Gasteiger partial charge in [0, 0.05) is 25.9 Å². The molecule has 1 aliphatic rings. The highest BCUT2D eigenvalue weighted by molar-refractivity contribution is 7.92. The van der Waals surface area contributed by atoms with Gasteiger partial charge in [0.2, 0.25) is 10.0 Å². The molecule has 0 saturated carbocycles. The van der Waals surface area contributed by atoms with Gasteiger partial charge in [0.1, 0.15) is 0 Å². The molecular formula is C14H21N3O4S. The number of rotatable bonds is 5. The number of carbonyl (C=O) groups is 1. The number of anilines is 2. The van der Waals surface area contributed by atoms with E-state index in [0.29, 0.717) is 31.1 Å². The van der Waals surface area contributed by atoms with Crippen LogP contribution in [0.15, 0.2) is 18.2 Å². The highest BCUT2D eigenvalue weighted by Gasteiger charge is 2.24. The van der Waals surface area contributed by atoms with Crippen molar-refractivity contribution in [1.82, 2.24) is 5.32 Å². The highest BCUT2D eigenvalue weighted by atomic mass is 32.2. The van der Waals surface area contributed by atoms with E-state index in [1.165, 1.54) is 10.6 Å². The lowest BCUT2D eigenvalue weighted by molar-refractivity contribution is 0.198. The third kappa shape index (κ3) is 4.11. The third-order valence-corrected chi connectivity index (χ3v) is 4.59. The van der Waals surface area contributed by atoms with Gasteiger partial charge < -0.3 is 15.4 Å². The molecule has 22 heavy (non-hydrogen) atoms. The van der Waals surface area contributed by atoms with E-state index in [4.69, 9.17) is 4.74 Å². The van der Waals surface area contributed by atoms with Crippen molar-refractivity contribution in [2.45, 2.75) is 12.8 Å². The van der Waals surface area contributed by atoms with Gasteiger partial charge in [-0.2, -0.15) is 0 Å². The largest absolute Gasteiger partial charge is 0.383 e. The van der Waals surface area contributed by atoms with Crippen LogP contribution in [0.1, 0.15) is 12.0 Å². The average molecular weight is 327 g/mol. The Morgan fingerprint density at radius 2 is 2.18 bits per heavy atom. The molecule has 0 aliphatic carbocycles. The number of ether oxygens (including phenoxy) is 1. The Labute approximate surface area is 130 Å². The summed E-state index contributed by atoms with van der Waals surface area (Å²) < 4.78 is 29.9. The molecule has 1 aromatic carbocycles. The molecule has 1 aliphatic heterocycles. The Morgan fingerprint density at radius 1 is 1.41 bits per heavy atom. The number of amides is 2. The fraction of sp³-hybridized carbons (Fsp3) is 0.500. The van der Waals surface area contributed by atoms with Gasteiger partial charge in [0.15, 0.2) is 0 Å². The van der Waals surface area contributed by atoms with Gasteiger partial charge in [-0.25, -0.2) is 13.2 Å². The van der Waals surface area contributed by atoms with Crippen LogP contribution in [0.3, 0.4) is 0 Å². The molecule has 0 bridgehead atoms. The Morgan fingerprint density at radius 3 is 2.86 bits per heavy atom. The van der Waals surface area contributed by atoms with Gasteiger partial charge in [-0.3, -0.25) is 4.31 Å². The average Bonchev–Trinajstić information content (AvgIpc) is 2.45. The molecule has 0 atom stereocenters. The number of benzene rings is 1. The van der Waals surface area contributed by atoms with Crippen molar-refractivity contribution in [1.29, 1.82) is 0 Å². The summed E-state index contributed by atoms with van der Waals surface area (Å²) in [5.41, 5.74) is 2.26. The molecular weight excluding hydrogens is 306 g/mol. The van der Waals surface area contributed by atoms with Crippen LogP contribution >= 0.6 is 0 Å². The number of sulfonamides is 1. The molecule has 2 amide bonds. The van der Waals surface area contributed by atoms with Crippen LogP contribution in [-0.2, 0) is 21.2 Å². The third-order valence-electron chi connectivity index (χ3n) is 3.41. The van der Waals surface area contributed by atoms with E-state index in [2.05, 4.69) is 10.6 Å². The molecule has 0 aromatic heterocycles. The van der Waals surface area contributed by atoms with Crippen molar-refractivity contribution < 1.29 is 17.9 Å². The summed E-state index contributed by atoms with van der Waals surface area (Å²) in [5.74, 6) is 0. The Balaban J connectivity index is 2.10. The number of nitrogens with zero attached hydrogens (tertiary/aromatic N) is 1. The zero-order valence-electron chi connectivity index (χ0n) is 12.8. The maximum Gasteiger partial charge on any atom is 0.319 e. The number of carbonyl (C=O) groups excluding carboxylic acids is 1. The predicted octanol–water partition coefficient (Wildman–Crippen LogP) is 1.17. The van der Waals surface area contributed by atoms with Crippen molar-refractivity contribution >= 4 is 27.4 Å². The second kappa shape index (κ2) is 6.97. The molecule has 0 spiro atoms. The summed E-state index contributed by atoms with van der Waals surface area (Å²) in [6.07, 6.45) is 2.77. The van der Waals surface area contributed by atoms with Crippen LogP contribution in [-0.4, -0.2) is 47.5 Å². The first-order chi connectivity index (χ1) is 10.4. The smallest absolute Gasteiger partial charge is 0.319 e. The summed E-state index contributed by atoms with van der Waals surface area (Å²) in [6, 6.07) is 4.95. The number of hydrogen-bond acceptors (Lipinski definition) is 4. The molecule has 1 aromatic rings. The lowest BCUT2D eigenvalue weighted by Crippen LogP contribution is -2.34. The van der Waals surface area contributed by atoms with Gasteiger partial charge in [0.25, 0.3) is 0 Å². The van der Waals surface area contributed by atoms with Crippen LogP contribution in [0.2, 0.25) is 0 Å². The molecule has 7 nitrogen and oxygen atoms in total. The monoisotopic (exact) mass is 327 g/mol. The SMILES string of the molecule is COCCNC(=O)Nc1ccc2c(c1)CCCN2S(C)(=O)=O. The van der Waals surface area contributed by atoms with E-state index < -0.39 is 10.0 Å². The topological polar surface area (TPSA) is 87.7 Å². The quantitative estimate of drug-likeness (QED) is 0.795. The summed E-state index contributed by atoms with van der Waals surface area (Å²) in [6.45, 7) is 1.37. The van der Waals surface area contributed by atoms with E-state index in [1.54, 1.807) is 19.2 Å². The summed E-state index contributed by atoms with van der Waals surface area (Å²) in [5, 5.41) is 5.39. The van der Waals surface area contributed by atoms with Crippen molar-refractivity contribution in [3.63, 3.8) is 0 Å². The Hall–Kier alpha value is -1.80. The van der Waals surface area contributed by atoms with Gasteiger partial charge in [0.05, 0.1) is 18.6 Å². The second-order valence-corrected chi connectivity index (χ2v) is 7.06. The molecule has 0 unspecified atom stereocenters. The lowest BCUT2D eigenvalue weighted by Gasteiger charge is -2.29. The standard InChI is InChI=1S/C14H21N3O4S/c1-21-9-7-15-14(18)16-12-5-6-13-11(10-12)4-3-8-17(13)22(2,19)20/h5-6,10H,3-4,7-9H2,1-2H3,(H2,15,16,18). The first kappa shape index (κ1) is 16.6. The Kier molecular flexibility index (Phi) is 5.25. The molecule has 1 heterocycles. The molecule has 0 fully saturated rings. The number of fused-ring (bicyclic) bond motifs is 1. The minimum Gasteiger partial charge on any atom is -0.383 e. The number of methoxy groups -OCH3 is 1. The zero-order valence-corrected chi connectivity index (χ0v) is 13.6. The molecule has 2 N–H and O–H groups in total. The highest BCUT2D eigenvalue weighted by Crippen LogP contribution is 2.31. The van der Waals surface area contributed by atoms with Gasteiger partial charge in [-0.1, -0.05) is 0 Å². The Bertz CT molecular complexity index is 645. The molecule has 122 valence electrons. The summed E-state index contributed by atoms with van der Waals surface area (Å²) >= 11 is 0. The first-order valence-corrected chi connectivity index (χ1v) is 8.91. The molecule has 0 saturated heterocycles. The second-order valence-electron chi connectivity index (χ2n) is 5.16. The zero-order chi connectivity index (χ0) is 16.2. The minimum atomic E-state index is -3.27. The van der Waals surface area contributed by atoms with Crippen molar-refractivity contribution in [2.75, 3.05) is 42.7 Å². The van der Waals surface area contributed by atoms with Crippen LogP contribution in [0.25, 0.3) is 0 Å². The first-order valence-electron chi connectivity index (χ1n) is 7.06. The number of nitrogens with one attached hydrogen (secondary N) is 2. The van der Waals surface area contributed by atoms with E-state index in [0.717, 1.165) is 18.4 Å². The maximum atomic E-state index is 11.8. The van der Waals surface area contributed by atoms with Crippen LogP contribution in [0, 0.1) is 0 Å². The maximum absolute atomic E-state index is 11.8. The fourth-order valence-corrected chi connectivity index (χ4v) is 3.42. The van der Waals surface area contributed by atoms with E-state index in [9.17, 15) is 13.2 Å². The van der Waals surface area contributed by atoms with Gasteiger partial charge >= 0.3 is 6.03 Å².